The molecule has 1 unspecified atom stereocenters. The lowest BCUT2D eigenvalue weighted by Crippen LogP contribution is -2.36. The minimum Gasteiger partial charge on any atom is -0.492 e. The topological polar surface area (TPSA) is 88.7 Å². The van der Waals surface area contributed by atoms with Crippen LogP contribution in [0.3, 0.4) is 0 Å². The van der Waals surface area contributed by atoms with E-state index in [1.165, 1.54) is 0 Å². The van der Waals surface area contributed by atoms with Gasteiger partial charge >= 0.3 is 0 Å². The second-order valence-corrected chi connectivity index (χ2v) is 8.79. The van der Waals surface area contributed by atoms with Crippen molar-refractivity contribution in [2.24, 2.45) is 0 Å². The van der Waals surface area contributed by atoms with Crippen molar-refractivity contribution >= 4 is 34.8 Å². The molecule has 1 saturated heterocycles. The van der Waals surface area contributed by atoms with Crippen LogP contribution in [0.4, 0.5) is 5.69 Å². The van der Waals surface area contributed by atoms with E-state index < -0.39 is 5.91 Å². The van der Waals surface area contributed by atoms with Crippen molar-refractivity contribution in [1.82, 2.24) is 10.6 Å². The Morgan fingerprint density at radius 1 is 0.917 bits per heavy atom. The highest BCUT2D eigenvalue weighted by molar-refractivity contribution is 7.80. The van der Waals surface area contributed by atoms with Gasteiger partial charge in [-0.15, -0.1) is 0 Å². The molecule has 0 spiro atoms. The molecule has 3 aromatic rings. The van der Waals surface area contributed by atoms with Gasteiger partial charge in [-0.2, -0.15) is 0 Å². The molecule has 0 aliphatic carbocycles. The maximum absolute atomic E-state index is 13.0. The first-order valence-electron chi connectivity index (χ1n) is 12.0. The van der Waals surface area contributed by atoms with Gasteiger partial charge in [-0.25, -0.2) is 0 Å². The molecule has 0 radical (unpaired) electrons. The van der Waals surface area contributed by atoms with E-state index >= 15 is 0 Å². The Hall–Kier alpha value is -3.75. The Balaban J connectivity index is 1.34. The molecule has 1 heterocycles. The van der Waals surface area contributed by atoms with Gasteiger partial charge in [-0.3, -0.25) is 14.9 Å². The number of para-hydroxylation sites is 2. The number of rotatable bonds is 9. The maximum Gasteiger partial charge on any atom is 0.261 e. The highest BCUT2D eigenvalue weighted by Crippen LogP contribution is 2.19. The molecule has 1 aliphatic rings. The van der Waals surface area contributed by atoms with E-state index in [4.69, 9.17) is 21.7 Å². The Morgan fingerprint density at radius 3 is 2.42 bits per heavy atom. The van der Waals surface area contributed by atoms with Crippen LogP contribution in [-0.2, 0) is 11.2 Å². The number of amides is 2. The van der Waals surface area contributed by atoms with Crippen LogP contribution in [0.2, 0.25) is 0 Å². The number of nitrogens with one attached hydrogen (secondary N) is 3. The average Bonchev–Trinajstić information content (AvgIpc) is 3.42. The number of benzene rings is 3. The summed E-state index contributed by atoms with van der Waals surface area (Å²) < 4.78 is 11.5. The Morgan fingerprint density at radius 2 is 1.64 bits per heavy atom. The van der Waals surface area contributed by atoms with E-state index in [2.05, 4.69) is 16.0 Å². The summed E-state index contributed by atoms with van der Waals surface area (Å²) in [6.45, 7) is 1.62. The van der Waals surface area contributed by atoms with Crippen molar-refractivity contribution in [2.45, 2.75) is 25.4 Å². The predicted molar refractivity (Wildman–Crippen MR) is 144 cm³/mol. The zero-order valence-electron chi connectivity index (χ0n) is 19.9. The molecule has 0 bridgehead atoms. The van der Waals surface area contributed by atoms with Gasteiger partial charge in [-0.1, -0.05) is 54.6 Å². The van der Waals surface area contributed by atoms with Gasteiger partial charge < -0.3 is 20.1 Å². The van der Waals surface area contributed by atoms with Crippen molar-refractivity contribution in [1.29, 1.82) is 0 Å². The van der Waals surface area contributed by atoms with Crippen molar-refractivity contribution in [3.8, 4) is 5.75 Å². The molecule has 36 heavy (non-hydrogen) atoms. The van der Waals surface area contributed by atoms with Crippen LogP contribution in [0.1, 0.15) is 39.1 Å². The first-order chi connectivity index (χ1) is 17.6. The number of hydrogen-bond donors (Lipinski definition) is 3. The number of carbonyl (C=O) groups excluding carboxylic acids is 2. The van der Waals surface area contributed by atoms with E-state index in [0.717, 1.165) is 31.4 Å². The fourth-order valence-corrected chi connectivity index (χ4v) is 4.13. The number of anilines is 1. The monoisotopic (exact) mass is 503 g/mol. The van der Waals surface area contributed by atoms with Crippen molar-refractivity contribution in [2.75, 3.05) is 25.1 Å². The molecule has 3 N–H and O–H groups in total. The van der Waals surface area contributed by atoms with Gasteiger partial charge in [0.15, 0.2) is 5.11 Å². The van der Waals surface area contributed by atoms with E-state index in [-0.39, 0.29) is 17.1 Å². The lowest BCUT2D eigenvalue weighted by molar-refractivity contribution is 0.0858. The second kappa shape index (κ2) is 12.8. The van der Waals surface area contributed by atoms with Crippen LogP contribution >= 0.6 is 12.2 Å². The molecule has 186 valence electrons. The third kappa shape index (κ3) is 7.13. The summed E-state index contributed by atoms with van der Waals surface area (Å²) in [7, 11) is 0. The standard InChI is InChI=1S/C28H29N3O4S/c32-26(29-19-21-11-8-17-34-21)22-12-4-6-14-24(22)30-28(36)31-27(33)23-13-5-7-15-25(23)35-18-16-20-9-2-1-3-10-20/h1-7,9-10,12-15,21H,8,11,16-19H2,(H,29,32)(H2,30,31,33,36). The molecule has 1 atom stereocenters. The third-order valence-electron chi connectivity index (χ3n) is 5.78. The van der Waals surface area contributed by atoms with Crippen LogP contribution < -0.4 is 20.7 Å². The molecule has 7 nitrogen and oxygen atoms in total. The summed E-state index contributed by atoms with van der Waals surface area (Å²) in [6.07, 6.45) is 2.72. The smallest absolute Gasteiger partial charge is 0.261 e. The molecular formula is C28H29N3O4S. The first kappa shape index (κ1) is 25.3. The quantitative estimate of drug-likeness (QED) is 0.377. The fourth-order valence-electron chi connectivity index (χ4n) is 3.92. The van der Waals surface area contributed by atoms with Gasteiger partial charge in [-0.05, 0) is 54.9 Å². The highest BCUT2D eigenvalue weighted by atomic mass is 32.1. The van der Waals surface area contributed by atoms with Gasteiger partial charge in [0.2, 0.25) is 0 Å². The summed E-state index contributed by atoms with van der Waals surface area (Å²) in [5.41, 5.74) is 2.46. The Labute approximate surface area is 216 Å². The molecule has 0 aromatic heterocycles. The molecule has 4 rings (SSSR count). The Kier molecular flexibility index (Phi) is 9.02. The lowest BCUT2D eigenvalue weighted by Gasteiger charge is -2.16. The van der Waals surface area contributed by atoms with E-state index in [9.17, 15) is 9.59 Å². The molecular weight excluding hydrogens is 474 g/mol. The molecule has 8 heteroatoms. The largest absolute Gasteiger partial charge is 0.492 e. The number of hydrogen-bond acceptors (Lipinski definition) is 5. The number of carbonyl (C=O) groups is 2. The van der Waals surface area contributed by atoms with E-state index in [1.54, 1.807) is 42.5 Å². The summed E-state index contributed by atoms with van der Waals surface area (Å²) in [6, 6.07) is 24.0. The van der Waals surface area contributed by atoms with Crippen LogP contribution in [0.25, 0.3) is 0 Å². The minimum absolute atomic E-state index is 0.0458. The van der Waals surface area contributed by atoms with Crippen molar-refractivity contribution in [3.63, 3.8) is 0 Å². The zero-order valence-corrected chi connectivity index (χ0v) is 20.7. The molecule has 1 aliphatic heterocycles. The van der Waals surface area contributed by atoms with Crippen molar-refractivity contribution < 1.29 is 19.1 Å². The number of thiocarbonyl (C=S) groups is 1. The maximum atomic E-state index is 13.0. The second-order valence-electron chi connectivity index (χ2n) is 8.38. The first-order valence-corrected chi connectivity index (χ1v) is 12.4. The van der Waals surface area contributed by atoms with Gasteiger partial charge in [0.1, 0.15) is 5.75 Å². The van der Waals surface area contributed by atoms with Crippen LogP contribution in [-0.4, -0.2) is 42.8 Å². The molecule has 0 saturated carbocycles. The average molecular weight is 504 g/mol. The van der Waals surface area contributed by atoms with Gasteiger partial charge in [0, 0.05) is 19.6 Å². The highest BCUT2D eigenvalue weighted by Gasteiger charge is 2.19. The number of ether oxygens (including phenoxy) is 2. The van der Waals surface area contributed by atoms with E-state index in [0.29, 0.717) is 35.7 Å². The van der Waals surface area contributed by atoms with Crippen molar-refractivity contribution in [3.05, 3.63) is 95.6 Å². The fraction of sp³-hybridized carbons (Fsp3) is 0.250. The molecule has 3 aromatic carbocycles. The van der Waals surface area contributed by atoms with E-state index in [1.807, 2.05) is 36.4 Å². The molecule has 1 fully saturated rings. The normalized spacial score (nSPS) is 14.6. The summed E-state index contributed by atoms with van der Waals surface area (Å²) in [5.74, 6) is -0.161. The minimum atomic E-state index is -0.400. The molecule has 2 amide bonds. The third-order valence-corrected chi connectivity index (χ3v) is 5.99. The summed E-state index contributed by atoms with van der Waals surface area (Å²) in [4.78, 5) is 25.7. The zero-order chi connectivity index (χ0) is 25.2. The van der Waals surface area contributed by atoms with Crippen LogP contribution in [0, 0.1) is 0 Å². The Bertz CT molecular complexity index is 1200. The predicted octanol–water partition coefficient (Wildman–Crippen LogP) is 4.34. The van der Waals surface area contributed by atoms with Gasteiger partial charge in [0.05, 0.1) is 29.5 Å². The van der Waals surface area contributed by atoms with Crippen LogP contribution in [0.5, 0.6) is 5.75 Å². The lowest BCUT2D eigenvalue weighted by atomic mass is 10.1. The summed E-state index contributed by atoms with van der Waals surface area (Å²) >= 11 is 5.37. The SMILES string of the molecule is O=C(NCC1CCCO1)c1ccccc1NC(=S)NC(=O)c1ccccc1OCCc1ccccc1. The summed E-state index contributed by atoms with van der Waals surface area (Å²) in [5, 5.41) is 8.65. The van der Waals surface area contributed by atoms with Gasteiger partial charge in [0.25, 0.3) is 11.8 Å². The van der Waals surface area contributed by atoms with Crippen LogP contribution in [0.15, 0.2) is 78.9 Å².